The van der Waals surface area contributed by atoms with Gasteiger partial charge in [0.25, 0.3) is 0 Å². The summed E-state index contributed by atoms with van der Waals surface area (Å²) in [5.74, 6) is 1.53. The number of rotatable bonds is 9. The molecule has 2 N–H and O–H groups in total. The Hall–Kier alpha value is -4.22. The van der Waals surface area contributed by atoms with E-state index in [1.165, 1.54) is 12.4 Å². The summed E-state index contributed by atoms with van der Waals surface area (Å²) in [6.07, 6.45) is 6.50. The number of hydroxylamine groups is 1. The summed E-state index contributed by atoms with van der Waals surface area (Å²) in [4.78, 5) is 36.2. The van der Waals surface area contributed by atoms with Crippen LogP contribution in [0.1, 0.15) is 30.1 Å². The fraction of sp³-hybridized carbons (Fsp3) is 0.379. The van der Waals surface area contributed by atoms with Crippen LogP contribution in [0.25, 0.3) is 0 Å². The normalized spacial score (nSPS) is 18.7. The molecule has 5 rings (SSSR count). The van der Waals surface area contributed by atoms with Crippen LogP contribution in [0.4, 0.5) is 28.7 Å². The average Bonchev–Trinajstić information content (AvgIpc) is 3.65. The van der Waals surface area contributed by atoms with Crippen molar-refractivity contribution in [3.63, 3.8) is 0 Å². The fourth-order valence-corrected chi connectivity index (χ4v) is 5.11. The van der Waals surface area contributed by atoms with Crippen LogP contribution in [0.3, 0.4) is 0 Å². The summed E-state index contributed by atoms with van der Waals surface area (Å²) < 4.78 is 5.78. The molecule has 1 aromatic carbocycles. The third kappa shape index (κ3) is 5.85. The topological polar surface area (TPSA) is 108 Å². The second-order valence-electron chi connectivity index (χ2n) is 10.2. The monoisotopic (exact) mass is 544 g/mol. The molecule has 2 fully saturated rings. The number of aromatic nitrogens is 3. The number of aryl methyl sites for hydroxylation is 1. The molecule has 1 amide bonds. The molecule has 2 atom stereocenters. The maximum absolute atomic E-state index is 12.4. The highest BCUT2D eigenvalue weighted by molar-refractivity contribution is 6.02. The number of carbonyl (C=O) groups excluding carboxylic acids is 1. The van der Waals surface area contributed by atoms with Crippen LogP contribution in [-0.4, -0.2) is 72.7 Å². The van der Waals surface area contributed by atoms with E-state index in [4.69, 9.17) is 9.57 Å². The number of likely N-dealkylation sites (N-methyl/N-ethyl adjacent to an activating group) is 1. The number of carbonyl (C=O) groups is 1. The summed E-state index contributed by atoms with van der Waals surface area (Å²) in [6.45, 7) is 7.89. The molecule has 0 saturated carbocycles. The Kier molecular flexibility index (Phi) is 8.13. The van der Waals surface area contributed by atoms with Crippen molar-refractivity contribution in [3.05, 3.63) is 66.8 Å². The molecule has 210 valence electrons. The molecule has 0 bridgehead atoms. The number of ether oxygens (including phenoxy) is 1. The van der Waals surface area contributed by atoms with Gasteiger partial charge in [-0.3, -0.25) is 14.6 Å². The van der Waals surface area contributed by atoms with Crippen LogP contribution >= 0.6 is 0 Å². The van der Waals surface area contributed by atoms with E-state index < -0.39 is 0 Å². The molecule has 2 aliphatic heterocycles. The lowest BCUT2D eigenvalue weighted by molar-refractivity contribution is -0.111. The number of hydrogen-bond donors (Lipinski definition) is 2. The van der Waals surface area contributed by atoms with E-state index in [9.17, 15) is 4.79 Å². The zero-order valence-electron chi connectivity index (χ0n) is 23.4. The van der Waals surface area contributed by atoms with Gasteiger partial charge in [0, 0.05) is 49.6 Å². The molecule has 2 saturated heterocycles. The number of benzene rings is 1. The van der Waals surface area contributed by atoms with Gasteiger partial charge in [-0.25, -0.2) is 15.0 Å². The van der Waals surface area contributed by atoms with Crippen molar-refractivity contribution >= 4 is 34.6 Å². The van der Waals surface area contributed by atoms with Crippen LogP contribution < -0.4 is 25.3 Å². The van der Waals surface area contributed by atoms with Crippen molar-refractivity contribution in [3.8, 4) is 5.75 Å². The van der Waals surface area contributed by atoms with Crippen molar-refractivity contribution in [1.82, 2.24) is 19.9 Å². The van der Waals surface area contributed by atoms with Gasteiger partial charge >= 0.3 is 0 Å². The van der Waals surface area contributed by atoms with Gasteiger partial charge in [0.15, 0.2) is 5.82 Å². The molecule has 11 heteroatoms. The summed E-state index contributed by atoms with van der Waals surface area (Å²) in [7, 11) is 5.80. The quantitative estimate of drug-likeness (QED) is 0.383. The zero-order valence-corrected chi connectivity index (χ0v) is 23.4. The number of pyridine rings is 1. The van der Waals surface area contributed by atoms with Gasteiger partial charge in [-0.05, 0) is 51.2 Å². The first-order valence-electron chi connectivity index (χ1n) is 13.4. The minimum absolute atomic E-state index is 0.00293. The molecule has 4 heterocycles. The Morgan fingerprint density at radius 2 is 2.02 bits per heavy atom. The van der Waals surface area contributed by atoms with E-state index in [-0.39, 0.29) is 11.9 Å². The predicted octanol–water partition coefficient (Wildman–Crippen LogP) is 4.08. The summed E-state index contributed by atoms with van der Waals surface area (Å²) in [5.41, 5.74) is 4.24. The standard InChI is InChI=1S/C29H36N8O3/c1-6-29(38)34-22-13-23(26(39-5)14-25(22)36-11-9-21(17-36)35(3)4)33-27-15-28(32-18-31-27)37-24(10-12-40-37)20-8-7-19(2)30-16-20/h6-8,13-16,18,21,24H,1,9-12,17H2,2-5H3,(H,34,38)(H,31,32,33). The van der Waals surface area contributed by atoms with Gasteiger partial charge in [0.05, 0.1) is 36.8 Å². The van der Waals surface area contributed by atoms with Gasteiger partial charge in [0.2, 0.25) is 5.91 Å². The van der Waals surface area contributed by atoms with E-state index in [0.29, 0.717) is 41.4 Å². The second kappa shape index (κ2) is 11.9. The Balaban J connectivity index is 1.43. The molecule has 2 aliphatic rings. The minimum atomic E-state index is -0.284. The molecule has 0 aliphatic carbocycles. The van der Waals surface area contributed by atoms with Crippen molar-refractivity contribution in [1.29, 1.82) is 0 Å². The SMILES string of the molecule is C=CC(=O)Nc1cc(Nc2cc(N3OCCC3c3ccc(C)nc3)ncn2)c(OC)cc1N1CCC(N(C)C)C1. The first-order valence-corrected chi connectivity index (χ1v) is 13.4. The van der Waals surface area contributed by atoms with Gasteiger partial charge < -0.3 is 25.2 Å². The first kappa shape index (κ1) is 27.4. The Morgan fingerprint density at radius 1 is 1.18 bits per heavy atom. The van der Waals surface area contributed by atoms with Crippen molar-refractivity contribution in [2.45, 2.75) is 31.8 Å². The molecule has 2 aromatic heterocycles. The number of anilines is 5. The fourth-order valence-electron chi connectivity index (χ4n) is 5.11. The third-order valence-corrected chi connectivity index (χ3v) is 7.36. The smallest absolute Gasteiger partial charge is 0.247 e. The average molecular weight is 545 g/mol. The van der Waals surface area contributed by atoms with Gasteiger partial charge in [0.1, 0.15) is 17.9 Å². The zero-order chi connectivity index (χ0) is 28.2. The number of amides is 1. The van der Waals surface area contributed by atoms with E-state index in [1.807, 2.05) is 42.4 Å². The van der Waals surface area contributed by atoms with Crippen molar-refractivity contribution in [2.75, 3.05) is 61.5 Å². The highest BCUT2D eigenvalue weighted by Gasteiger charge is 2.30. The number of hydrogen-bond acceptors (Lipinski definition) is 10. The van der Waals surface area contributed by atoms with Crippen molar-refractivity contribution < 1.29 is 14.4 Å². The molecular formula is C29H36N8O3. The minimum Gasteiger partial charge on any atom is -0.494 e. The van der Waals surface area contributed by atoms with Gasteiger partial charge in [-0.1, -0.05) is 12.6 Å². The lowest BCUT2D eigenvalue weighted by Gasteiger charge is -2.26. The lowest BCUT2D eigenvalue weighted by atomic mass is 10.1. The van der Waals surface area contributed by atoms with Gasteiger partial charge in [-0.15, -0.1) is 0 Å². The van der Waals surface area contributed by atoms with Crippen LogP contribution in [0, 0.1) is 6.92 Å². The molecule has 0 spiro atoms. The highest BCUT2D eigenvalue weighted by Crippen LogP contribution is 2.40. The molecule has 3 aromatic rings. The lowest BCUT2D eigenvalue weighted by Crippen LogP contribution is -2.31. The summed E-state index contributed by atoms with van der Waals surface area (Å²) >= 11 is 0. The first-order chi connectivity index (χ1) is 19.4. The number of nitrogens with zero attached hydrogens (tertiary/aromatic N) is 6. The number of methoxy groups -OCH3 is 1. The number of nitrogens with one attached hydrogen (secondary N) is 2. The van der Waals surface area contributed by atoms with Gasteiger partial charge in [-0.2, -0.15) is 0 Å². The predicted molar refractivity (Wildman–Crippen MR) is 156 cm³/mol. The summed E-state index contributed by atoms with van der Waals surface area (Å²) in [6, 6.07) is 10.1. The molecule has 11 nitrogen and oxygen atoms in total. The van der Waals surface area contributed by atoms with Crippen LogP contribution in [0.5, 0.6) is 5.75 Å². The molecular weight excluding hydrogens is 508 g/mol. The summed E-state index contributed by atoms with van der Waals surface area (Å²) in [5, 5.41) is 8.13. The second-order valence-corrected chi connectivity index (χ2v) is 10.2. The highest BCUT2D eigenvalue weighted by atomic mass is 16.7. The molecule has 40 heavy (non-hydrogen) atoms. The van der Waals surface area contributed by atoms with E-state index in [1.54, 1.807) is 7.11 Å². The Morgan fingerprint density at radius 3 is 2.73 bits per heavy atom. The Labute approximate surface area is 234 Å². The Bertz CT molecular complexity index is 1360. The molecule has 2 unspecified atom stereocenters. The van der Waals surface area contributed by atoms with Crippen LogP contribution in [0.2, 0.25) is 0 Å². The largest absolute Gasteiger partial charge is 0.494 e. The third-order valence-electron chi connectivity index (χ3n) is 7.36. The van der Waals surface area contributed by atoms with Crippen LogP contribution in [-0.2, 0) is 9.63 Å². The maximum atomic E-state index is 12.4. The van der Waals surface area contributed by atoms with E-state index >= 15 is 0 Å². The van der Waals surface area contributed by atoms with Crippen molar-refractivity contribution in [2.24, 2.45) is 0 Å². The van der Waals surface area contributed by atoms with E-state index in [2.05, 4.69) is 62.1 Å². The maximum Gasteiger partial charge on any atom is 0.247 e. The van der Waals surface area contributed by atoms with Crippen LogP contribution in [0.15, 0.2) is 55.5 Å². The molecule has 0 radical (unpaired) electrons. The van der Waals surface area contributed by atoms with E-state index in [0.717, 1.165) is 42.9 Å².